The SMILES string of the molecule is COc1ccc(C(Cl)C(C)(C)[N+](=O)[O-])cc1OC. The van der Waals surface area contributed by atoms with Crippen LogP contribution in [-0.4, -0.2) is 24.7 Å². The first-order valence-corrected chi connectivity index (χ1v) is 5.78. The van der Waals surface area contributed by atoms with Crippen molar-refractivity contribution in [2.24, 2.45) is 0 Å². The predicted molar refractivity (Wildman–Crippen MR) is 69.2 cm³/mol. The second kappa shape index (κ2) is 5.44. The Labute approximate surface area is 111 Å². The van der Waals surface area contributed by atoms with E-state index in [2.05, 4.69) is 0 Å². The zero-order valence-corrected chi connectivity index (χ0v) is 11.5. The number of nitrogens with zero attached hydrogens (tertiary/aromatic N) is 1. The molecule has 0 aromatic heterocycles. The van der Waals surface area contributed by atoms with E-state index < -0.39 is 10.9 Å². The molecule has 0 N–H and O–H groups in total. The van der Waals surface area contributed by atoms with Crippen molar-refractivity contribution >= 4 is 11.6 Å². The van der Waals surface area contributed by atoms with E-state index in [0.29, 0.717) is 17.1 Å². The molecule has 0 aliphatic rings. The van der Waals surface area contributed by atoms with Gasteiger partial charge in [-0.05, 0) is 17.7 Å². The predicted octanol–water partition coefficient (Wildman–Crippen LogP) is 3.04. The van der Waals surface area contributed by atoms with Crippen molar-refractivity contribution in [2.75, 3.05) is 14.2 Å². The molecule has 1 unspecified atom stereocenters. The Morgan fingerprint density at radius 1 is 1.28 bits per heavy atom. The summed E-state index contributed by atoms with van der Waals surface area (Å²) >= 11 is 6.18. The Morgan fingerprint density at radius 2 is 1.83 bits per heavy atom. The maximum atomic E-state index is 11.0. The third-order valence-electron chi connectivity index (χ3n) is 2.79. The number of methoxy groups -OCH3 is 2. The van der Waals surface area contributed by atoms with Gasteiger partial charge in [0.15, 0.2) is 11.5 Å². The minimum Gasteiger partial charge on any atom is -0.493 e. The summed E-state index contributed by atoms with van der Waals surface area (Å²) in [5.41, 5.74) is -0.641. The molecule has 100 valence electrons. The van der Waals surface area contributed by atoms with Gasteiger partial charge in [0.05, 0.1) is 14.2 Å². The van der Waals surface area contributed by atoms with E-state index in [-0.39, 0.29) is 4.92 Å². The number of hydrogen-bond donors (Lipinski definition) is 0. The molecular formula is C12H16ClNO4. The standard InChI is InChI=1S/C12H16ClNO4/c1-12(2,14(15)16)11(13)8-5-6-9(17-3)10(7-8)18-4/h5-7,11H,1-4H3. The van der Waals surface area contributed by atoms with E-state index in [1.165, 1.54) is 28.1 Å². The number of nitro groups is 1. The van der Waals surface area contributed by atoms with Crippen molar-refractivity contribution in [3.05, 3.63) is 33.9 Å². The van der Waals surface area contributed by atoms with Crippen LogP contribution in [0.2, 0.25) is 0 Å². The fourth-order valence-corrected chi connectivity index (χ4v) is 1.73. The summed E-state index contributed by atoms with van der Waals surface area (Å²) in [5, 5.41) is 10.2. The summed E-state index contributed by atoms with van der Waals surface area (Å²) in [6.07, 6.45) is 0. The summed E-state index contributed by atoms with van der Waals surface area (Å²) < 4.78 is 10.2. The number of benzene rings is 1. The molecule has 0 heterocycles. The van der Waals surface area contributed by atoms with E-state index in [4.69, 9.17) is 21.1 Å². The van der Waals surface area contributed by atoms with Crippen molar-refractivity contribution < 1.29 is 14.4 Å². The summed E-state index contributed by atoms with van der Waals surface area (Å²) in [4.78, 5) is 10.6. The highest BCUT2D eigenvalue weighted by Crippen LogP contribution is 2.38. The van der Waals surface area contributed by atoms with Gasteiger partial charge in [0.2, 0.25) is 5.54 Å². The Bertz CT molecular complexity index is 448. The first kappa shape index (κ1) is 14.6. The van der Waals surface area contributed by atoms with Gasteiger partial charge in [-0.25, -0.2) is 0 Å². The van der Waals surface area contributed by atoms with Gasteiger partial charge >= 0.3 is 0 Å². The first-order valence-electron chi connectivity index (χ1n) is 5.35. The van der Waals surface area contributed by atoms with Gasteiger partial charge in [0.25, 0.3) is 0 Å². The average molecular weight is 274 g/mol. The van der Waals surface area contributed by atoms with E-state index >= 15 is 0 Å². The van der Waals surface area contributed by atoms with E-state index in [0.717, 1.165) is 0 Å². The van der Waals surface area contributed by atoms with E-state index in [1.807, 2.05) is 0 Å². The maximum Gasteiger partial charge on any atom is 0.236 e. The maximum absolute atomic E-state index is 11.0. The molecule has 0 amide bonds. The summed E-state index contributed by atoms with van der Waals surface area (Å²) in [5.74, 6) is 1.06. The Morgan fingerprint density at radius 3 is 2.28 bits per heavy atom. The van der Waals surface area contributed by atoms with Crippen molar-refractivity contribution in [1.29, 1.82) is 0 Å². The van der Waals surface area contributed by atoms with Gasteiger partial charge in [-0.15, -0.1) is 11.6 Å². The van der Waals surface area contributed by atoms with Gasteiger partial charge in [-0.3, -0.25) is 10.1 Å². The highest BCUT2D eigenvalue weighted by molar-refractivity contribution is 6.21. The highest BCUT2D eigenvalue weighted by Gasteiger charge is 2.41. The largest absolute Gasteiger partial charge is 0.493 e. The number of hydrogen-bond acceptors (Lipinski definition) is 4. The Balaban J connectivity index is 3.15. The lowest BCUT2D eigenvalue weighted by Crippen LogP contribution is -2.35. The van der Waals surface area contributed by atoms with Crippen LogP contribution in [0.15, 0.2) is 18.2 Å². The summed E-state index contributed by atoms with van der Waals surface area (Å²) in [6.45, 7) is 2.97. The van der Waals surface area contributed by atoms with E-state index in [9.17, 15) is 10.1 Å². The third kappa shape index (κ3) is 2.67. The van der Waals surface area contributed by atoms with Crippen LogP contribution in [-0.2, 0) is 0 Å². The monoisotopic (exact) mass is 273 g/mol. The molecule has 5 nitrogen and oxygen atoms in total. The number of ether oxygens (including phenoxy) is 2. The highest BCUT2D eigenvalue weighted by atomic mass is 35.5. The average Bonchev–Trinajstić information content (AvgIpc) is 2.36. The molecule has 0 bridgehead atoms. The second-order valence-corrected chi connectivity index (χ2v) is 4.82. The fraction of sp³-hybridized carbons (Fsp3) is 0.500. The fourth-order valence-electron chi connectivity index (χ4n) is 1.51. The quantitative estimate of drug-likeness (QED) is 0.470. The second-order valence-electron chi connectivity index (χ2n) is 4.39. The number of halogens is 1. The molecule has 0 saturated heterocycles. The zero-order chi connectivity index (χ0) is 13.9. The lowest BCUT2D eigenvalue weighted by molar-refractivity contribution is -0.561. The molecule has 0 spiro atoms. The summed E-state index contributed by atoms with van der Waals surface area (Å²) in [7, 11) is 3.03. The normalized spacial score (nSPS) is 12.9. The molecule has 1 aromatic rings. The summed E-state index contributed by atoms with van der Waals surface area (Å²) in [6, 6.07) is 5.03. The van der Waals surface area contributed by atoms with Crippen molar-refractivity contribution in [1.82, 2.24) is 0 Å². The third-order valence-corrected chi connectivity index (χ3v) is 3.58. The smallest absolute Gasteiger partial charge is 0.236 e. The van der Waals surface area contributed by atoms with Crippen LogP contribution in [0.3, 0.4) is 0 Å². The van der Waals surface area contributed by atoms with Gasteiger partial charge in [-0.2, -0.15) is 0 Å². The molecular weight excluding hydrogens is 258 g/mol. The van der Waals surface area contributed by atoms with Crippen LogP contribution in [0.1, 0.15) is 24.8 Å². The first-order chi connectivity index (χ1) is 8.34. The van der Waals surface area contributed by atoms with Gasteiger partial charge in [0, 0.05) is 18.8 Å². The molecule has 0 saturated carbocycles. The van der Waals surface area contributed by atoms with Crippen LogP contribution in [0, 0.1) is 10.1 Å². The number of alkyl halides is 1. The molecule has 0 aliphatic heterocycles. The Hall–Kier alpha value is -1.49. The van der Waals surface area contributed by atoms with Crippen LogP contribution in [0.25, 0.3) is 0 Å². The van der Waals surface area contributed by atoms with Crippen LogP contribution in [0.5, 0.6) is 11.5 Å². The van der Waals surface area contributed by atoms with Crippen LogP contribution in [0.4, 0.5) is 0 Å². The molecule has 6 heteroatoms. The zero-order valence-electron chi connectivity index (χ0n) is 10.8. The lowest BCUT2D eigenvalue weighted by atomic mass is 9.95. The van der Waals surface area contributed by atoms with Gasteiger partial charge in [0.1, 0.15) is 5.38 Å². The minimum absolute atomic E-state index is 0.388. The van der Waals surface area contributed by atoms with Crippen molar-refractivity contribution in [3.63, 3.8) is 0 Å². The Kier molecular flexibility index (Phi) is 4.40. The van der Waals surface area contributed by atoms with Crippen LogP contribution >= 0.6 is 11.6 Å². The molecule has 1 aromatic carbocycles. The van der Waals surface area contributed by atoms with Crippen LogP contribution < -0.4 is 9.47 Å². The molecule has 0 radical (unpaired) electrons. The molecule has 0 fully saturated rings. The van der Waals surface area contributed by atoms with Crippen molar-refractivity contribution in [2.45, 2.75) is 24.8 Å². The molecule has 1 atom stereocenters. The van der Waals surface area contributed by atoms with Crippen molar-refractivity contribution in [3.8, 4) is 11.5 Å². The lowest BCUT2D eigenvalue weighted by Gasteiger charge is -2.22. The van der Waals surface area contributed by atoms with Gasteiger partial charge < -0.3 is 9.47 Å². The molecule has 1 rings (SSSR count). The minimum atomic E-state index is -1.26. The molecule has 18 heavy (non-hydrogen) atoms. The molecule has 0 aliphatic carbocycles. The topological polar surface area (TPSA) is 61.6 Å². The number of rotatable bonds is 5. The van der Waals surface area contributed by atoms with E-state index in [1.54, 1.807) is 18.2 Å². The van der Waals surface area contributed by atoms with Gasteiger partial charge in [-0.1, -0.05) is 6.07 Å².